The molecule has 2 aromatic rings. The van der Waals surface area contributed by atoms with Crippen LogP contribution in [0, 0.1) is 5.41 Å². The molecule has 196 valence electrons. The molecule has 0 spiro atoms. The number of amides is 1. The second-order valence-corrected chi connectivity index (χ2v) is 10.6. The van der Waals surface area contributed by atoms with Gasteiger partial charge in [0.2, 0.25) is 5.91 Å². The van der Waals surface area contributed by atoms with Crippen LogP contribution in [0.4, 0.5) is 13.2 Å². The average molecular weight is 544 g/mol. The summed E-state index contributed by atoms with van der Waals surface area (Å²) >= 11 is 12.4. The van der Waals surface area contributed by atoms with Crippen molar-refractivity contribution in [2.45, 2.75) is 69.5 Å². The molecule has 0 radical (unpaired) electrons. The lowest BCUT2D eigenvalue weighted by atomic mass is 9.67. The number of rotatable bonds is 8. The summed E-state index contributed by atoms with van der Waals surface area (Å²) in [5, 5.41) is 20.9. The van der Waals surface area contributed by atoms with Crippen LogP contribution in [0.3, 0.4) is 0 Å². The highest BCUT2D eigenvalue weighted by atomic mass is 35.5. The van der Waals surface area contributed by atoms with E-state index in [1.54, 1.807) is 62.4 Å². The zero-order valence-electron chi connectivity index (χ0n) is 20.1. The first-order valence-electron chi connectivity index (χ1n) is 11.7. The third-order valence-electron chi connectivity index (χ3n) is 7.02. The second-order valence-electron chi connectivity index (χ2n) is 9.71. The Bertz CT molecular complexity index is 1090. The minimum absolute atomic E-state index is 0.0706. The SMILES string of the molecule is C=CC[C@@]1(C)C[C@H](c2cccc(Cl)c2)[C@@H](c2ccc(Cl)cc2)N(C(CC)CC(O)(O)C(F)(F)F)C1=O. The van der Waals surface area contributed by atoms with Gasteiger partial charge < -0.3 is 15.1 Å². The van der Waals surface area contributed by atoms with E-state index in [2.05, 4.69) is 6.58 Å². The number of halogens is 5. The van der Waals surface area contributed by atoms with Gasteiger partial charge in [0.25, 0.3) is 5.79 Å². The van der Waals surface area contributed by atoms with Gasteiger partial charge >= 0.3 is 6.18 Å². The summed E-state index contributed by atoms with van der Waals surface area (Å²) in [5.74, 6) is -4.68. The molecule has 3 rings (SSSR count). The molecule has 36 heavy (non-hydrogen) atoms. The molecule has 1 saturated heterocycles. The van der Waals surface area contributed by atoms with Crippen LogP contribution in [-0.4, -0.2) is 39.0 Å². The van der Waals surface area contributed by atoms with Crippen LogP contribution in [-0.2, 0) is 4.79 Å². The fraction of sp³-hybridized carbons (Fsp3) is 0.444. The van der Waals surface area contributed by atoms with E-state index in [4.69, 9.17) is 23.2 Å². The number of allylic oxidation sites excluding steroid dienone is 1. The van der Waals surface area contributed by atoms with E-state index in [9.17, 15) is 28.2 Å². The molecule has 2 N–H and O–H groups in total. The average Bonchev–Trinajstić information content (AvgIpc) is 2.79. The van der Waals surface area contributed by atoms with Gasteiger partial charge in [-0.3, -0.25) is 4.79 Å². The van der Waals surface area contributed by atoms with Crippen molar-refractivity contribution in [1.29, 1.82) is 0 Å². The minimum Gasteiger partial charge on any atom is -0.359 e. The van der Waals surface area contributed by atoms with Crippen molar-refractivity contribution in [3.63, 3.8) is 0 Å². The van der Waals surface area contributed by atoms with E-state index in [0.717, 1.165) is 5.56 Å². The van der Waals surface area contributed by atoms with Crippen LogP contribution in [0.2, 0.25) is 10.0 Å². The predicted octanol–water partition coefficient (Wildman–Crippen LogP) is 7.04. The zero-order chi connectivity index (χ0) is 26.9. The Balaban J connectivity index is 2.24. The number of piperidine rings is 1. The number of alkyl halides is 3. The number of carbonyl (C=O) groups is 1. The molecule has 2 aromatic carbocycles. The number of hydrogen-bond donors (Lipinski definition) is 2. The highest BCUT2D eigenvalue weighted by Gasteiger charge is 2.57. The van der Waals surface area contributed by atoms with Gasteiger partial charge in [0.05, 0.1) is 11.5 Å². The Kier molecular flexibility index (Phi) is 8.50. The van der Waals surface area contributed by atoms with Gasteiger partial charge in [0.15, 0.2) is 0 Å². The third-order valence-corrected chi connectivity index (χ3v) is 7.51. The second kappa shape index (κ2) is 10.7. The fourth-order valence-electron chi connectivity index (χ4n) is 5.17. The van der Waals surface area contributed by atoms with Crippen molar-refractivity contribution < 1.29 is 28.2 Å². The number of likely N-dealkylation sites (tertiary alicyclic amines) is 1. The van der Waals surface area contributed by atoms with E-state index >= 15 is 0 Å². The van der Waals surface area contributed by atoms with Crippen molar-refractivity contribution in [3.8, 4) is 0 Å². The van der Waals surface area contributed by atoms with E-state index in [1.807, 2.05) is 6.07 Å². The summed E-state index contributed by atoms with van der Waals surface area (Å²) < 4.78 is 40.4. The number of nitrogens with zero attached hydrogens (tertiary/aromatic N) is 1. The maximum atomic E-state index is 14.0. The normalized spacial score (nSPS) is 24.0. The van der Waals surface area contributed by atoms with Crippen molar-refractivity contribution in [1.82, 2.24) is 4.90 Å². The molecular formula is C27H30Cl2F3NO3. The Hall–Kier alpha value is -2.06. The number of aliphatic hydroxyl groups is 2. The molecule has 1 unspecified atom stereocenters. The standard InChI is InChI=1S/C27H30Cl2F3NO3/c1-4-13-25(3)16-22(18-7-6-8-20(29)14-18)23(17-9-11-19(28)12-10-17)33(24(25)34)21(5-2)15-26(35,36)27(30,31)32/h4,6-12,14,21-23,35-36H,1,5,13,15-16H2,2-3H3/t21?,22-,23-,25+/m1/s1. The maximum Gasteiger partial charge on any atom is 0.442 e. The Morgan fingerprint density at radius 3 is 2.31 bits per heavy atom. The maximum absolute atomic E-state index is 14.0. The number of carbonyl (C=O) groups excluding carboxylic acids is 1. The largest absolute Gasteiger partial charge is 0.442 e. The highest BCUT2D eigenvalue weighted by Crippen LogP contribution is 2.53. The fourth-order valence-corrected chi connectivity index (χ4v) is 5.50. The summed E-state index contributed by atoms with van der Waals surface area (Å²) in [4.78, 5) is 15.5. The van der Waals surface area contributed by atoms with Gasteiger partial charge in [0, 0.05) is 28.4 Å². The molecular weight excluding hydrogens is 514 g/mol. The van der Waals surface area contributed by atoms with Crippen LogP contribution < -0.4 is 0 Å². The molecule has 4 nitrogen and oxygen atoms in total. The van der Waals surface area contributed by atoms with Gasteiger partial charge in [0.1, 0.15) is 0 Å². The smallest absolute Gasteiger partial charge is 0.359 e. The van der Waals surface area contributed by atoms with Gasteiger partial charge in [-0.15, -0.1) is 6.58 Å². The van der Waals surface area contributed by atoms with Gasteiger partial charge in [-0.05, 0) is 54.7 Å². The van der Waals surface area contributed by atoms with Crippen molar-refractivity contribution in [2.24, 2.45) is 5.41 Å². The molecule has 0 bridgehead atoms. The molecule has 1 amide bonds. The number of benzene rings is 2. The monoisotopic (exact) mass is 543 g/mol. The van der Waals surface area contributed by atoms with Gasteiger partial charge in [-0.2, -0.15) is 13.2 Å². The summed E-state index contributed by atoms with van der Waals surface area (Å²) in [7, 11) is 0. The molecule has 0 aromatic heterocycles. The van der Waals surface area contributed by atoms with Crippen LogP contribution in [0.15, 0.2) is 61.2 Å². The van der Waals surface area contributed by atoms with Crippen molar-refractivity contribution >= 4 is 29.1 Å². The first kappa shape index (κ1) is 28.5. The molecule has 9 heteroatoms. The molecule has 1 aliphatic heterocycles. The van der Waals surface area contributed by atoms with Gasteiger partial charge in [-0.1, -0.05) is 67.4 Å². The van der Waals surface area contributed by atoms with Crippen molar-refractivity contribution in [3.05, 3.63) is 82.4 Å². The van der Waals surface area contributed by atoms with Crippen LogP contribution >= 0.6 is 23.2 Å². The summed E-state index contributed by atoms with van der Waals surface area (Å²) in [6.07, 6.45) is -4.00. The van der Waals surface area contributed by atoms with E-state index in [0.29, 0.717) is 28.5 Å². The molecule has 1 aliphatic rings. The molecule has 1 fully saturated rings. The topological polar surface area (TPSA) is 60.8 Å². The van der Waals surface area contributed by atoms with E-state index in [-0.39, 0.29) is 18.2 Å². The lowest BCUT2D eigenvalue weighted by molar-refractivity contribution is -0.354. The zero-order valence-corrected chi connectivity index (χ0v) is 21.6. The Morgan fingerprint density at radius 2 is 1.78 bits per heavy atom. The highest BCUT2D eigenvalue weighted by molar-refractivity contribution is 6.30. The third kappa shape index (κ3) is 5.75. The number of hydrogen-bond acceptors (Lipinski definition) is 3. The van der Waals surface area contributed by atoms with Crippen molar-refractivity contribution in [2.75, 3.05) is 0 Å². The molecule has 0 aliphatic carbocycles. The Morgan fingerprint density at radius 1 is 1.14 bits per heavy atom. The lowest BCUT2D eigenvalue weighted by Crippen LogP contribution is -2.58. The molecule has 0 saturated carbocycles. The van der Waals surface area contributed by atoms with Gasteiger partial charge in [-0.25, -0.2) is 0 Å². The molecule has 1 heterocycles. The first-order chi connectivity index (χ1) is 16.7. The van der Waals surface area contributed by atoms with E-state index in [1.165, 1.54) is 4.90 Å². The molecule has 4 atom stereocenters. The minimum atomic E-state index is -5.29. The Labute approximate surface area is 219 Å². The lowest BCUT2D eigenvalue weighted by Gasteiger charge is -2.52. The first-order valence-corrected chi connectivity index (χ1v) is 12.5. The van der Waals surface area contributed by atoms with Crippen LogP contribution in [0.25, 0.3) is 0 Å². The summed E-state index contributed by atoms with van der Waals surface area (Å²) in [6.45, 7) is 7.17. The quantitative estimate of drug-likeness (QED) is 0.277. The summed E-state index contributed by atoms with van der Waals surface area (Å²) in [6, 6.07) is 12.1. The van der Waals surface area contributed by atoms with E-state index < -0.39 is 35.9 Å². The predicted molar refractivity (Wildman–Crippen MR) is 135 cm³/mol. The summed E-state index contributed by atoms with van der Waals surface area (Å²) in [5.41, 5.74) is 0.516. The van der Waals surface area contributed by atoms with Crippen LogP contribution in [0.5, 0.6) is 0 Å². The van der Waals surface area contributed by atoms with Crippen LogP contribution in [0.1, 0.15) is 62.6 Å².